The molecular weight excluding hydrogens is 522 g/mol. The van der Waals surface area contributed by atoms with Gasteiger partial charge in [-0.15, -0.1) is 0 Å². The van der Waals surface area contributed by atoms with Crippen LogP contribution in [0, 0.1) is 5.92 Å². The number of amides is 1. The van der Waals surface area contributed by atoms with E-state index < -0.39 is 17.4 Å². The minimum absolute atomic E-state index is 0.221. The average molecular weight is 557 g/mol. The van der Waals surface area contributed by atoms with Gasteiger partial charge in [-0.2, -0.15) is 0 Å². The third kappa shape index (κ3) is 7.43. The molecule has 11 heteroatoms. The van der Waals surface area contributed by atoms with Gasteiger partial charge in [0.05, 0.1) is 23.2 Å². The fourth-order valence-electron chi connectivity index (χ4n) is 4.73. The molecule has 0 bridgehead atoms. The van der Waals surface area contributed by atoms with Gasteiger partial charge in [0, 0.05) is 30.4 Å². The molecule has 2 heterocycles. The lowest BCUT2D eigenvalue weighted by Gasteiger charge is -2.24. The molecule has 10 nitrogen and oxygen atoms in total. The molecule has 0 aliphatic heterocycles. The number of rotatable bonds is 11. The lowest BCUT2D eigenvalue weighted by atomic mass is 10.0. The summed E-state index contributed by atoms with van der Waals surface area (Å²) in [6.45, 7) is 2.81. The molecule has 0 spiro atoms. The van der Waals surface area contributed by atoms with Gasteiger partial charge in [-0.3, -0.25) is 9.00 Å². The average Bonchev–Trinajstić information content (AvgIpc) is 3.84. The van der Waals surface area contributed by atoms with E-state index in [4.69, 9.17) is 24.4 Å². The largest absolute Gasteiger partial charge is 0.760 e. The molecule has 5 rings (SSSR count). The van der Waals surface area contributed by atoms with E-state index >= 15 is 0 Å². The highest BCUT2D eigenvalue weighted by atomic mass is 32.2. The van der Waals surface area contributed by atoms with Crippen LogP contribution >= 0.6 is 0 Å². The Morgan fingerprint density at radius 2 is 1.85 bits per heavy atom. The maximum Gasteiger partial charge on any atom is 0.503 e. The number of aromatic nitrogens is 1. The minimum atomic E-state index is -2.33. The predicted molar refractivity (Wildman–Crippen MR) is 146 cm³/mol. The molecule has 2 aliphatic rings. The topological polar surface area (TPSA) is 156 Å². The Kier molecular flexibility index (Phi) is 9.36. The van der Waals surface area contributed by atoms with E-state index in [1.165, 1.54) is 22.7 Å². The van der Waals surface area contributed by atoms with E-state index in [1.54, 1.807) is 7.05 Å². The van der Waals surface area contributed by atoms with Gasteiger partial charge in [0.2, 0.25) is 5.71 Å². The number of fused-ring (bicyclic) bond motifs is 1. The number of hydrogen-bond donors (Lipinski definition) is 3. The first-order chi connectivity index (χ1) is 18.7. The number of carbonyl (C=O) groups excluding carboxylic acids is 1. The van der Waals surface area contributed by atoms with Crippen LogP contribution in [0.25, 0.3) is 22.4 Å². The van der Waals surface area contributed by atoms with Crippen molar-refractivity contribution in [3.8, 4) is 11.3 Å². The second-order valence-corrected chi connectivity index (χ2v) is 11.0. The van der Waals surface area contributed by atoms with Crippen molar-refractivity contribution < 1.29 is 33.0 Å². The molecule has 3 N–H and O–H groups in total. The highest BCUT2D eigenvalue weighted by Crippen LogP contribution is 2.44. The Morgan fingerprint density at radius 3 is 2.38 bits per heavy atom. The van der Waals surface area contributed by atoms with Crippen molar-refractivity contribution in [1.29, 1.82) is 0 Å². The van der Waals surface area contributed by atoms with Crippen molar-refractivity contribution >= 4 is 34.4 Å². The van der Waals surface area contributed by atoms with Crippen LogP contribution in [0.3, 0.4) is 0 Å². The quantitative estimate of drug-likeness (QED) is 0.269. The van der Waals surface area contributed by atoms with Crippen LogP contribution in [0.15, 0.2) is 34.7 Å². The summed E-state index contributed by atoms with van der Waals surface area (Å²) in [7, 11) is 1.61. The molecule has 0 radical (unpaired) electrons. The summed E-state index contributed by atoms with van der Waals surface area (Å²) < 4.78 is 31.7. The molecule has 0 saturated heterocycles. The Bertz CT molecular complexity index is 1340. The van der Waals surface area contributed by atoms with Gasteiger partial charge in [0.15, 0.2) is 0 Å². The van der Waals surface area contributed by atoms with Gasteiger partial charge in [0.25, 0.3) is 5.91 Å². The Labute approximate surface area is 229 Å². The molecular formula is C28H34N3O7S-. The van der Waals surface area contributed by atoms with E-state index in [2.05, 4.69) is 12.2 Å². The first-order valence-corrected chi connectivity index (χ1v) is 14.3. The molecule has 39 heavy (non-hydrogen) atoms. The Balaban J connectivity index is 0.000000826. The molecule has 210 valence electrons. The van der Waals surface area contributed by atoms with Crippen molar-refractivity contribution in [2.45, 2.75) is 64.3 Å². The summed E-state index contributed by atoms with van der Waals surface area (Å²) >= 11 is -2.33. The normalized spacial score (nSPS) is 15.6. The van der Waals surface area contributed by atoms with Crippen LogP contribution in [-0.4, -0.2) is 53.9 Å². The van der Waals surface area contributed by atoms with Crippen molar-refractivity contribution in [2.24, 2.45) is 5.92 Å². The van der Waals surface area contributed by atoms with Crippen LogP contribution in [0.1, 0.15) is 78.5 Å². The van der Waals surface area contributed by atoms with Crippen LogP contribution in [0.2, 0.25) is 0 Å². The van der Waals surface area contributed by atoms with Gasteiger partial charge in [-0.05, 0) is 61.1 Å². The Morgan fingerprint density at radius 1 is 1.18 bits per heavy atom. The molecule has 1 atom stereocenters. The van der Waals surface area contributed by atoms with E-state index in [1.807, 2.05) is 30.3 Å². The summed E-state index contributed by atoms with van der Waals surface area (Å²) in [5.41, 5.74) is 4.61. The van der Waals surface area contributed by atoms with E-state index in [0.717, 1.165) is 54.8 Å². The second-order valence-electron chi connectivity index (χ2n) is 10.0. The number of carboxylic acid groups (broad SMARTS) is 2. The minimum Gasteiger partial charge on any atom is -0.760 e. The van der Waals surface area contributed by atoms with Crippen molar-refractivity contribution in [2.75, 3.05) is 13.6 Å². The maximum absolute atomic E-state index is 12.9. The van der Waals surface area contributed by atoms with Gasteiger partial charge < -0.3 is 24.5 Å². The summed E-state index contributed by atoms with van der Waals surface area (Å²) in [4.78, 5) is 26.3. The van der Waals surface area contributed by atoms with E-state index in [0.29, 0.717) is 34.9 Å². The zero-order valence-electron chi connectivity index (χ0n) is 22.1. The van der Waals surface area contributed by atoms with Crippen LogP contribution in [-0.2, 0) is 24.2 Å². The lowest BCUT2D eigenvalue weighted by Crippen LogP contribution is -2.27. The number of aryl methyl sites for hydroxylation is 1. The molecule has 2 saturated carbocycles. The van der Waals surface area contributed by atoms with Gasteiger partial charge >= 0.3 is 6.16 Å². The highest BCUT2D eigenvalue weighted by Gasteiger charge is 2.31. The van der Waals surface area contributed by atoms with Crippen molar-refractivity contribution in [1.82, 2.24) is 14.6 Å². The molecule has 1 aromatic carbocycles. The number of nitrogens with zero attached hydrogens (tertiary/aromatic N) is 2. The third-order valence-corrected chi connectivity index (χ3v) is 7.88. The van der Waals surface area contributed by atoms with Gasteiger partial charge in [-0.25, -0.2) is 14.1 Å². The zero-order chi connectivity index (χ0) is 28.1. The number of benzene rings is 1. The molecule has 2 fully saturated rings. The summed E-state index contributed by atoms with van der Waals surface area (Å²) in [5, 5.41) is 17.4. The monoisotopic (exact) mass is 556 g/mol. The Hall–Kier alpha value is -3.28. The van der Waals surface area contributed by atoms with Crippen LogP contribution < -0.4 is 5.32 Å². The lowest BCUT2D eigenvalue weighted by molar-refractivity contribution is 0.0964. The number of nitrogens with one attached hydrogen (secondary N) is 1. The second kappa shape index (κ2) is 12.7. The standard InChI is InChI=1S/C27H33N3O4S.CH2O3/c1-3-17-8-10-20(11-9-17)25-24(26(31)28-2)22-15-21(19-12-13-19)23(29-27(22)34-25)16-30(35(32)33)14-4-5-18-6-7-18;2-1(3)4/h8-11,15,18-19H,3-7,12-14,16H2,1-2H3,(H,28,31)(H,32,33);(H2,2,3,4)/p-1. The maximum atomic E-state index is 12.9. The highest BCUT2D eigenvalue weighted by molar-refractivity contribution is 7.76. The fourth-order valence-corrected chi connectivity index (χ4v) is 5.24. The summed E-state index contributed by atoms with van der Waals surface area (Å²) in [5.74, 6) is 1.37. The third-order valence-electron chi connectivity index (χ3n) is 7.14. The SMILES string of the molecule is CCc1ccc(-c2oc3nc(CN(CCCC4CC4)S(=O)[O-])c(C4CC4)cc3c2C(=O)NC)cc1.O=C(O)O. The number of furan rings is 1. The number of hydrogen-bond acceptors (Lipinski definition) is 6. The van der Waals surface area contributed by atoms with Crippen molar-refractivity contribution in [3.63, 3.8) is 0 Å². The molecule has 2 aromatic heterocycles. The molecule has 3 aromatic rings. The van der Waals surface area contributed by atoms with Crippen LogP contribution in [0.5, 0.6) is 0 Å². The molecule has 1 amide bonds. The fraction of sp³-hybridized carbons (Fsp3) is 0.464. The van der Waals surface area contributed by atoms with E-state index in [-0.39, 0.29) is 12.5 Å². The first kappa shape index (κ1) is 28.7. The van der Waals surface area contributed by atoms with Gasteiger partial charge in [0.1, 0.15) is 5.76 Å². The van der Waals surface area contributed by atoms with Crippen LogP contribution in [0.4, 0.5) is 4.79 Å². The first-order valence-electron chi connectivity index (χ1n) is 13.3. The number of carbonyl (C=O) groups is 2. The summed E-state index contributed by atoms with van der Waals surface area (Å²) in [6.07, 6.45) is 5.64. The molecule has 2 aliphatic carbocycles. The van der Waals surface area contributed by atoms with E-state index in [9.17, 15) is 13.6 Å². The zero-order valence-corrected chi connectivity index (χ0v) is 23.0. The smallest absolute Gasteiger partial charge is 0.503 e. The number of pyridine rings is 1. The predicted octanol–water partition coefficient (Wildman–Crippen LogP) is 5.30. The summed E-state index contributed by atoms with van der Waals surface area (Å²) in [6, 6.07) is 10.0. The van der Waals surface area contributed by atoms with Crippen molar-refractivity contribution in [3.05, 3.63) is 52.7 Å². The van der Waals surface area contributed by atoms with Gasteiger partial charge in [-0.1, -0.05) is 44.0 Å². The molecule has 1 unspecified atom stereocenters.